The largest absolute Gasteiger partial charge is 0.459 e. The number of rotatable bonds is 7. The Kier molecular flexibility index (Phi) is 7.71. The lowest BCUT2D eigenvalue weighted by Gasteiger charge is -2.35. The average Bonchev–Trinajstić information content (AvgIpc) is 3.14. The molecule has 188 valence electrons. The number of nitriles is 1. The van der Waals surface area contributed by atoms with Crippen LogP contribution in [-0.2, 0) is 18.9 Å². The molecule has 37 heavy (non-hydrogen) atoms. The van der Waals surface area contributed by atoms with Gasteiger partial charge in [-0.3, -0.25) is 0 Å². The summed E-state index contributed by atoms with van der Waals surface area (Å²) in [6.07, 6.45) is -2.47. The Hall–Kier alpha value is -4.00. The molecule has 1 aliphatic rings. The fourth-order valence-electron chi connectivity index (χ4n) is 3.89. The van der Waals surface area contributed by atoms with Gasteiger partial charge in [-0.05, 0) is 59.3 Å². The molecule has 0 bridgehead atoms. The zero-order valence-electron chi connectivity index (χ0n) is 19.7. The maximum Gasteiger partial charge on any atom is 0.338 e. The van der Waals surface area contributed by atoms with E-state index in [1.165, 1.54) is 6.92 Å². The van der Waals surface area contributed by atoms with Gasteiger partial charge in [0.25, 0.3) is 4.51 Å². The zero-order valence-corrected chi connectivity index (χ0v) is 21.3. The van der Waals surface area contributed by atoms with Crippen LogP contribution >= 0.6 is 15.9 Å². The fraction of sp³-hybridized carbons (Fsp3) is 0.214. The molecule has 9 heteroatoms. The van der Waals surface area contributed by atoms with Crippen molar-refractivity contribution < 1.29 is 33.3 Å². The van der Waals surface area contributed by atoms with Gasteiger partial charge in [-0.1, -0.05) is 54.6 Å². The lowest BCUT2D eigenvalue weighted by Crippen LogP contribution is -2.55. The summed E-state index contributed by atoms with van der Waals surface area (Å²) < 4.78 is 21.0. The molecule has 0 aliphatic carbocycles. The highest BCUT2D eigenvalue weighted by Gasteiger charge is 2.68. The van der Waals surface area contributed by atoms with Crippen LogP contribution in [0, 0.1) is 11.3 Å². The molecule has 3 aromatic rings. The third-order valence-electron chi connectivity index (χ3n) is 5.92. The van der Waals surface area contributed by atoms with E-state index in [-0.39, 0.29) is 17.7 Å². The minimum Gasteiger partial charge on any atom is -0.459 e. The second-order valence-corrected chi connectivity index (χ2v) is 9.50. The van der Waals surface area contributed by atoms with Crippen molar-refractivity contribution in [2.75, 3.05) is 6.61 Å². The number of hydrogen-bond donors (Lipinski definition) is 0. The van der Waals surface area contributed by atoms with Gasteiger partial charge >= 0.3 is 17.9 Å². The average molecular weight is 564 g/mol. The number of nitrogens with zero attached hydrogens (tertiary/aromatic N) is 1. The SMILES string of the molecule is C[C@@]1(OC(=O)c2ccccc2)[C@H](OC(=O)c2ccccc2)[C@@H](COC(=O)c2ccccc2)OC1(Br)C#N. The number of esters is 3. The molecule has 0 N–H and O–H groups in total. The molecule has 1 saturated heterocycles. The molecule has 0 aromatic heterocycles. The van der Waals surface area contributed by atoms with Gasteiger partial charge in [0, 0.05) is 0 Å². The number of carbonyl (C=O) groups is 3. The highest BCUT2D eigenvalue weighted by atomic mass is 79.9. The second-order valence-electron chi connectivity index (χ2n) is 8.38. The molecule has 4 rings (SSSR count). The summed E-state index contributed by atoms with van der Waals surface area (Å²) in [6, 6.07) is 26.6. The van der Waals surface area contributed by atoms with E-state index < -0.39 is 40.2 Å². The van der Waals surface area contributed by atoms with Crippen molar-refractivity contribution in [3.05, 3.63) is 108 Å². The van der Waals surface area contributed by atoms with E-state index in [4.69, 9.17) is 18.9 Å². The Morgan fingerprint density at radius 1 is 0.838 bits per heavy atom. The number of alkyl halides is 1. The third kappa shape index (κ3) is 5.40. The molecule has 1 aliphatic heterocycles. The predicted octanol–water partition coefficient (Wildman–Crippen LogP) is 4.70. The molecule has 3 aromatic carbocycles. The molecular formula is C28H22BrNO7. The van der Waals surface area contributed by atoms with Crippen molar-refractivity contribution in [1.82, 2.24) is 0 Å². The number of benzene rings is 3. The minimum atomic E-state index is -1.92. The Labute approximate surface area is 221 Å². The van der Waals surface area contributed by atoms with E-state index in [0.29, 0.717) is 5.56 Å². The van der Waals surface area contributed by atoms with E-state index in [0.717, 1.165) is 0 Å². The van der Waals surface area contributed by atoms with Crippen LogP contribution in [-0.4, -0.2) is 46.8 Å². The monoisotopic (exact) mass is 563 g/mol. The van der Waals surface area contributed by atoms with Crippen LogP contribution in [0.5, 0.6) is 0 Å². The van der Waals surface area contributed by atoms with Crippen molar-refractivity contribution in [2.24, 2.45) is 0 Å². The van der Waals surface area contributed by atoms with Crippen LogP contribution in [0.4, 0.5) is 0 Å². The van der Waals surface area contributed by atoms with E-state index in [9.17, 15) is 19.6 Å². The molecule has 1 fully saturated rings. The maximum absolute atomic E-state index is 13.0. The maximum atomic E-state index is 13.0. The minimum absolute atomic E-state index is 0.226. The lowest BCUT2D eigenvalue weighted by molar-refractivity contribution is -0.0842. The molecular weight excluding hydrogens is 542 g/mol. The number of ether oxygens (including phenoxy) is 4. The van der Waals surface area contributed by atoms with Crippen molar-refractivity contribution in [3.63, 3.8) is 0 Å². The Balaban J connectivity index is 1.65. The van der Waals surface area contributed by atoms with Crippen molar-refractivity contribution in [1.29, 1.82) is 5.26 Å². The summed E-state index contributed by atoms with van der Waals surface area (Å²) in [7, 11) is 0. The van der Waals surface area contributed by atoms with Gasteiger partial charge < -0.3 is 18.9 Å². The fourth-order valence-corrected chi connectivity index (χ4v) is 4.44. The highest BCUT2D eigenvalue weighted by Crippen LogP contribution is 2.48. The number of halogens is 1. The number of hydrogen-bond acceptors (Lipinski definition) is 8. The molecule has 1 unspecified atom stereocenters. The first-order chi connectivity index (χ1) is 17.8. The van der Waals surface area contributed by atoms with Gasteiger partial charge in [0.05, 0.1) is 16.7 Å². The van der Waals surface area contributed by atoms with E-state index in [2.05, 4.69) is 15.9 Å². The van der Waals surface area contributed by atoms with Crippen LogP contribution < -0.4 is 0 Å². The van der Waals surface area contributed by atoms with Crippen molar-refractivity contribution in [3.8, 4) is 6.07 Å². The standard InChI is InChI=1S/C28H22BrNO7/c1-27(37-26(33)21-15-9-4-10-16-21)23(35-25(32)20-13-7-3-8-14-20)22(36-28(27,29)18-30)17-34-24(31)19-11-5-2-6-12-19/h2-16,22-23H,17H2,1H3/t22-,23-,27-,28?/m1/s1. The molecule has 0 spiro atoms. The summed E-state index contributed by atoms with van der Waals surface area (Å²) >= 11 is 3.26. The predicted molar refractivity (Wildman–Crippen MR) is 135 cm³/mol. The van der Waals surface area contributed by atoms with Crippen LogP contribution in [0.15, 0.2) is 91.0 Å². The van der Waals surface area contributed by atoms with Gasteiger partial charge in [0.1, 0.15) is 18.8 Å². The Morgan fingerprint density at radius 2 is 1.30 bits per heavy atom. The summed E-state index contributed by atoms with van der Waals surface area (Å²) in [5.41, 5.74) is -1.06. The van der Waals surface area contributed by atoms with Crippen LogP contribution in [0.3, 0.4) is 0 Å². The van der Waals surface area contributed by atoms with Gasteiger partial charge in [-0.25, -0.2) is 14.4 Å². The molecule has 8 nitrogen and oxygen atoms in total. The molecule has 0 radical (unpaired) electrons. The number of carbonyl (C=O) groups excluding carboxylic acids is 3. The zero-order chi connectivity index (χ0) is 26.5. The normalized spacial score (nSPS) is 24.5. The Bertz CT molecular complexity index is 1310. The van der Waals surface area contributed by atoms with E-state index in [1.807, 2.05) is 6.07 Å². The van der Waals surface area contributed by atoms with Gasteiger partial charge in [0.2, 0.25) is 5.60 Å². The van der Waals surface area contributed by atoms with Crippen molar-refractivity contribution in [2.45, 2.75) is 29.2 Å². The van der Waals surface area contributed by atoms with Gasteiger partial charge in [-0.2, -0.15) is 5.26 Å². The van der Waals surface area contributed by atoms with Gasteiger partial charge in [-0.15, -0.1) is 0 Å². The van der Waals surface area contributed by atoms with Gasteiger partial charge in [0.15, 0.2) is 6.10 Å². The van der Waals surface area contributed by atoms with Crippen LogP contribution in [0.1, 0.15) is 38.0 Å². The second kappa shape index (κ2) is 10.9. The third-order valence-corrected chi connectivity index (χ3v) is 7.07. The highest BCUT2D eigenvalue weighted by molar-refractivity contribution is 9.10. The molecule has 1 heterocycles. The summed E-state index contributed by atoms with van der Waals surface area (Å²) in [5, 5.41) is 10.0. The van der Waals surface area contributed by atoms with E-state index >= 15 is 0 Å². The lowest BCUT2D eigenvalue weighted by atomic mass is 9.92. The summed E-state index contributed by atoms with van der Waals surface area (Å²) in [5.74, 6) is -2.12. The molecule has 4 atom stereocenters. The van der Waals surface area contributed by atoms with Crippen LogP contribution in [0.25, 0.3) is 0 Å². The summed E-state index contributed by atoms with van der Waals surface area (Å²) in [6.45, 7) is 1.04. The summed E-state index contributed by atoms with van der Waals surface area (Å²) in [4.78, 5) is 38.6. The molecule has 0 amide bonds. The van der Waals surface area contributed by atoms with E-state index in [1.54, 1.807) is 91.0 Å². The first-order valence-corrected chi connectivity index (χ1v) is 12.1. The Morgan fingerprint density at radius 3 is 1.78 bits per heavy atom. The first kappa shape index (κ1) is 26.1. The molecule has 0 saturated carbocycles. The smallest absolute Gasteiger partial charge is 0.338 e. The quantitative estimate of drug-likeness (QED) is 0.231. The first-order valence-electron chi connectivity index (χ1n) is 11.3. The topological polar surface area (TPSA) is 112 Å². The van der Waals surface area contributed by atoms with Crippen LogP contribution in [0.2, 0.25) is 0 Å². The van der Waals surface area contributed by atoms with Crippen molar-refractivity contribution >= 4 is 33.8 Å².